The summed E-state index contributed by atoms with van der Waals surface area (Å²) >= 11 is 6.23. The molecule has 0 saturated carbocycles. The first kappa shape index (κ1) is 19.1. The Balaban J connectivity index is 1.77. The standard InChI is InChI=1S/C21H21ClN2O3/c22-17-10-9-16-8-7-15-4-1-2-5-18(15)24(19(16)14-17)20(25)11-13-23-12-3-6-21(26)27/h1-6,8,10,14,23H,7,9,11-13H2,(H,26,27)/b6-3+. The molecule has 1 amide bonds. The van der Waals surface area contributed by atoms with Crippen molar-refractivity contribution in [2.75, 3.05) is 18.0 Å². The summed E-state index contributed by atoms with van der Waals surface area (Å²) in [6.45, 7) is 0.857. The van der Waals surface area contributed by atoms with Crippen molar-refractivity contribution in [1.29, 1.82) is 0 Å². The maximum Gasteiger partial charge on any atom is 0.328 e. The van der Waals surface area contributed by atoms with Gasteiger partial charge < -0.3 is 10.4 Å². The van der Waals surface area contributed by atoms with Gasteiger partial charge in [-0.1, -0.05) is 48.0 Å². The smallest absolute Gasteiger partial charge is 0.328 e. The van der Waals surface area contributed by atoms with Crippen LogP contribution in [0, 0.1) is 0 Å². The average molecular weight is 385 g/mol. The van der Waals surface area contributed by atoms with Crippen molar-refractivity contribution in [3.05, 3.63) is 76.5 Å². The van der Waals surface area contributed by atoms with Crippen molar-refractivity contribution < 1.29 is 14.7 Å². The molecule has 27 heavy (non-hydrogen) atoms. The van der Waals surface area contributed by atoms with Gasteiger partial charge in [0.25, 0.3) is 0 Å². The number of fused-ring (bicyclic) bond motifs is 2. The number of nitrogens with zero attached hydrogens (tertiary/aromatic N) is 1. The lowest BCUT2D eigenvalue weighted by atomic mass is 10.0. The number of amides is 1. The molecule has 0 aromatic heterocycles. The number of hydrogen-bond acceptors (Lipinski definition) is 3. The summed E-state index contributed by atoms with van der Waals surface area (Å²) in [6, 6.07) is 7.90. The van der Waals surface area contributed by atoms with Crippen LogP contribution >= 0.6 is 11.6 Å². The lowest BCUT2D eigenvalue weighted by molar-refractivity contribution is -0.131. The summed E-state index contributed by atoms with van der Waals surface area (Å²) in [5.74, 6) is -1.01. The molecule has 5 nitrogen and oxygen atoms in total. The lowest BCUT2D eigenvalue weighted by Gasteiger charge is -2.28. The third kappa shape index (κ3) is 4.76. The van der Waals surface area contributed by atoms with Gasteiger partial charge >= 0.3 is 5.97 Å². The zero-order chi connectivity index (χ0) is 19.2. The van der Waals surface area contributed by atoms with Gasteiger partial charge in [-0.05, 0) is 36.1 Å². The Labute approximate surface area is 163 Å². The van der Waals surface area contributed by atoms with Crippen molar-refractivity contribution in [3.8, 4) is 0 Å². The summed E-state index contributed by atoms with van der Waals surface area (Å²) in [5, 5.41) is 12.3. The molecular weight excluding hydrogens is 364 g/mol. The summed E-state index contributed by atoms with van der Waals surface area (Å²) in [5.41, 5.74) is 3.92. The second kappa shape index (κ2) is 8.84. The second-order valence-corrected chi connectivity index (χ2v) is 6.75. The molecule has 1 aliphatic heterocycles. The summed E-state index contributed by atoms with van der Waals surface area (Å²) in [6.07, 6.45) is 10.3. The second-order valence-electron chi connectivity index (χ2n) is 6.31. The van der Waals surface area contributed by atoms with Gasteiger partial charge in [0.05, 0.1) is 11.4 Å². The van der Waals surface area contributed by atoms with Crippen LogP contribution in [0.3, 0.4) is 0 Å². The summed E-state index contributed by atoms with van der Waals surface area (Å²) < 4.78 is 0. The summed E-state index contributed by atoms with van der Waals surface area (Å²) in [4.78, 5) is 25.3. The fraction of sp³-hybridized carbons (Fsp3) is 0.238. The van der Waals surface area contributed by atoms with Gasteiger partial charge in [0.1, 0.15) is 0 Å². The fourth-order valence-corrected chi connectivity index (χ4v) is 3.36. The van der Waals surface area contributed by atoms with Crippen LogP contribution in [0.2, 0.25) is 0 Å². The number of carboxylic acids is 1. The Morgan fingerprint density at radius 2 is 2.04 bits per heavy atom. The molecule has 0 spiro atoms. The zero-order valence-electron chi connectivity index (χ0n) is 14.8. The molecule has 1 heterocycles. The normalized spacial score (nSPS) is 16.0. The Bertz CT molecular complexity index is 868. The highest BCUT2D eigenvalue weighted by Gasteiger charge is 2.27. The molecule has 0 saturated heterocycles. The largest absolute Gasteiger partial charge is 0.478 e. The molecule has 2 aliphatic rings. The Morgan fingerprint density at radius 3 is 2.85 bits per heavy atom. The SMILES string of the molecule is O=C(O)/C=C/CNCCC(=O)N1C2=CC(Cl)=CCC2=CCc2ccccc21. The van der Waals surface area contributed by atoms with Crippen LogP contribution < -0.4 is 10.2 Å². The van der Waals surface area contributed by atoms with Crippen molar-refractivity contribution in [1.82, 2.24) is 5.32 Å². The highest BCUT2D eigenvalue weighted by atomic mass is 35.5. The predicted molar refractivity (Wildman–Crippen MR) is 107 cm³/mol. The Morgan fingerprint density at radius 1 is 1.22 bits per heavy atom. The molecular formula is C21H21ClN2O3. The van der Waals surface area contributed by atoms with E-state index in [0.29, 0.717) is 31.0 Å². The van der Waals surface area contributed by atoms with Crippen LogP contribution in [0.25, 0.3) is 0 Å². The van der Waals surface area contributed by atoms with Gasteiger partial charge in [-0.2, -0.15) is 0 Å². The quantitative estimate of drug-likeness (QED) is 0.581. The van der Waals surface area contributed by atoms with Gasteiger partial charge in [-0.3, -0.25) is 9.69 Å². The highest BCUT2D eigenvalue weighted by molar-refractivity contribution is 6.31. The van der Waals surface area contributed by atoms with Crippen LogP contribution in [0.15, 0.2) is 70.9 Å². The number of halogens is 1. The number of benzene rings is 1. The van der Waals surface area contributed by atoms with E-state index in [1.807, 2.05) is 36.4 Å². The predicted octanol–water partition coefficient (Wildman–Crippen LogP) is 3.53. The number of aliphatic carboxylic acids is 1. The number of rotatable bonds is 6. The monoisotopic (exact) mass is 384 g/mol. The van der Waals surface area contributed by atoms with E-state index in [4.69, 9.17) is 16.7 Å². The molecule has 2 N–H and O–H groups in total. The first-order chi connectivity index (χ1) is 13.1. The van der Waals surface area contributed by atoms with E-state index in [2.05, 4.69) is 11.4 Å². The maximum atomic E-state index is 13.1. The first-order valence-corrected chi connectivity index (χ1v) is 9.22. The van der Waals surface area contributed by atoms with Crippen LogP contribution in [0.4, 0.5) is 5.69 Å². The van der Waals surface area contributed by atoms with Crippen molar-refractivity contribution in [2.24, 2.45) is 0 Å². The molecule has 1 aromatic rings. The van der Waals surface area contributed by atoms with Crippen molar-refractivity contribution >= 4 is 29.2 Å². The van der Waals surface area contributed by atoms with E-state index in [1.54, 1.807) is 4.90 Å². The van der Waals surface area contributed by atoms with E-state index in [0.717, 1.165) is 35.0 Å². The molecule has 1 aliphatic carbocycles. The lowest BCUT2D eigenvalue weighted by Crippen LogP contribution is -2.34. The van der Waals surface area contributed by atoms with Crippen molar-refractivity contribution in [2.45, 2.75) is 19.3 Å². The van der Waals surface area contributed by atoms with E-state index in [1.165, 1.54) is 6.08 Å². The van der Waals surface area contributed by atoms with Crippen LogP contribution in [-0.2, 0) is 16.0 Å². The van der Waals surface area contributed by atoms with Gasteiger partial charge in [-0.25, -0.2) is 4.79 Å². The minimum atomic E-state index is -0.984. The molecule has 3 rings (SSSR count). The third-order valence-electron chi connectivity index (χ3n) is 4.45. The highest BCUT2D eigenvalue weighted by Crippen LogP contribution is 2.36. The number of carbonyl (C=O) groups is 2. The molecule has 0 fully saturated rings. The van der Waals surface area contributed by atoms with E-state index in [9.17, 15) is 9.59 Å². The van der Waals surface area contributed by atoms with Gasteiger partial charge in [0.2, 0.25) is 5.91 Å². The zero-order valence-corrected chi connectivity index (χ0v) is 15.6. The molecule has 140 valence electrons. The van der Waals surface area contributed by atoms with Crippen LogP contribution in [0.5, 0.6) is 0 Å². The Kier molecular flexibility index (Phi) is 6.27. The number of hydrogen-bond donors (Lipinski definition) is 2. The molecule has 0 radical (unpaired) electrons. The molecule has 1 aromatic carbocycles. The number of carboxylic acid groups (broad SMARTS) is 1. The minimum Gasteiger partial charge on any atom is -0.478 e. The van der Waals surface area contributed by atoms with Crippen molar-refractivity contribution in [3.63, 3.8) is 0 Å². The third-order valence-corrected chi connectivity index (χ3v) is 4.71. The van der Waals surface area contributed by atoms with Crippen LogP contribution in [-0.4, -0.2) is 30.1 Å². The van der Waals surface area contributed by atoms with Gasteiger partial charge in [-0.15, -0.1) is 0 Å². The first-order valence-electron chi connectivity index (χ1n) is 8.84. The van der Waals surface area contributed by atoms with Gasteiger partial charge in [0, 0.05) is 30.6 Å². The average Bonchev–Trinajstić information content (AvgIpc) is 2.80. The maximum absolute atomic E-state index is 13.1. The van der Waals surface area contributed by atoms with E-state index < -0.39 is 5.97 Å². The number of nitrogens with one attached hydrogen (secondary N) is 1. The molecule has 0 unspecified atom stereocenters. The summed E-state index contributed by atoms with van der Waals surface area (Å²) in [7, 11) is 0. The number of allylic oxidation sites excluding steroid dienone is 5. The molecule has 6 heteroatoms. The van der Waals surface area contributed by atoms with E-state index in [-0.39, 0.29) is 5.91 Å². The van der Waals surface area contributed by atoms with E-state index >= 15 is 0 Å². The fourth-order valence-electron chi connectivity index (χ4n) is 3.18. The topological polar surface area (TPSA) is 69.6 Å². The molecule has 0 bridgehead atoms. The molecule has 0 atom stereocenters. The van der Waals surface area contributed by atoms with Crippen LogP contribution in [0.1, 0.15) is 18.4 Å². The minimum absolute atomic E-state index is 0.0254. The number of para-hydroxylation sites is 1. The van der Waals surface area contributed by atoms with Gasteiger partial charge in [0.15, 0.2) is 0 Å². The number of anilines is 1. The Hall–Kier alpha value is -2.63. The number of carbonyl (C=O) groups excluding carboxylic acids is 1.